The van der Waals surface area contributed by atoms with Crippen LogP contribution in [0.2, 0.25) is 0 Å². The lowest BCUT2D eigenvalue weighted by Gasteiger charge is -2.24. The average Bonchev–Trinajstić information content (AvgIpc) is 3.28. The molecule has 0 N–H and O–H groups in total. The van der Waals surface area contributed by atoms with E-state index in [0.29, 0.717) is 6.54 Å². The van der Waals surface area contributed by atoms with Gasteiger partial charge in [0.05, 0.1) is 6.54 Å². The molecule has 1 atom stereocenters. The molecule has 0 saturated heterocycles. The van der Waals surface area contributed by atoms with Crippen LogP contribution < -0.4 is 0 Å². The van der Waals surface area contributed by atoms with Crippen molar-refractivity contribution in [2.75, 3.05) is 7.05 Å². The first-order valence-corrected chi connectivity index (χ1v) is 7.98. The highest BCUT2D eigenvalue weighted by Crippen LogP contribution is 2.20. The Morgan fingerprint density at radius 3 is 2.56 bits per heavy atom. The third kappa shape index (κ3) is 3.54. The summed E-state index contributed by atoms with van der Waals surface area (Å²) >= 11 is 0. The zero-order valence-electron chi connectivity index (χ0n) is 14.4. The Hall–Kier alpha value is -3.10. The van der Waals surface area contributed by atoms with Gasteiger partial charge in [0.2, 0.25) is 0 Å². The SMILES string of the molecule is CC(C)n1cnnc1CN(C)C(=O)[C@@H](c1ccccc1)n1cnnn1. The summed E-state index contributed by atoms with van der Waals surface area (Å²) in [4.78, 5) is 14.7. The van der Waals surface area contributed by atoms with Crippen molar-refractivity contribution < 1.29 is 4.79 Å². The van der Waals surface area contributed by atoms with Gasteiger partial charge in [0.15, 0.2) is 11.9 Å². The monoisotopic (exact) mass is 340 g/mol. The number of carbonyl (C=O) groups excluding carboxylic acids is 1. The van der Waals surface area contributed by atoms with Gasteiger partial charge in [-0.15, -0.1) is 15.3 Å². The largest absolute Gasteiger partial charge is 0.336 e. The van der Waals surface area contributed by atoms with E-state index >= 15 is 0 Å². The molecule has 0 radical (unpaired) electrons. The lowest BCUT2D eigenvalue weighted by atomic mass is 10.1. The summed E-state index contributed by atoms with van der Waals surface area (Å²) in [6, 6.07) is 9.03. The van der Waals surface area contributed by atoms with Crippen molar-refractivity contribution in [3.8, 4) is 0 Å². The van der Waals surface area contributed by atoms with E-state index in [-0.39, 0.29) is 11.9 Å². The molecule has 9 nitrogen and oxygen atoms in total. The smallest absolute Gasteiger partial charge is 0.252 e. The standard InChI is InChI=1S/C16H20N8O/c1-12(2)23-10-17-19-14(23)9-22(3)16(25)15(24-11-18-20-21-24)13-7-5-4-6-8-13/h4-8,10-12,15H,9H2,1-3H3/t15-/m1/s1. The number of likely N-dealkylation sites (N-methyl/N-ethyl adjacent to an activating group) is 1. The predicted molar refractivity (Wildman–Crippen MR) is 89.3 cm³/mol. The number of aromatic nitrogens is 7. The number of carbonyl (C=O) groups is 1. The molecule has 0 fully saturated rings. The van der Waals surface area contributed by atoms with E-state index < -0.39 is 6.04 Å². The Morgan fingerprint density at radius 2 is 1.92 bits per heavy atom. The second-order valence-corrected chi connectivity index (χ2v) is 6.05. The minimum Gasteiger partial charge on any atom is -0.336 e. The lowest BCUT2D eigenvalue weighted by molar-refractivity contribution is -0.133. The number of hydrogen-bond acceptors (Lipinski definition) is 6. The fourth-order valence-corrected chi connectivity index (χ4v) is 2.64. The highest BCUT2D eigenvalue weighted by molar-refractivity contribution is 5.83. The first-order valence-electron chi connectivity index (χ1n) is 7.98. The second kappa shape index (κ2) is 7.20. The van der Waals surface area contributed by atoms with Crippen molar-refractivity contribution in [1.29, 1.82) is 0 Å². The molecule has 9 heteroatoms. The van der Waals surface area contributed by atoms with E-state index in [0.717, 1.165) is 11.4 Å². The summed E-state index contributed by atoms with van der Waals surface area (Å²) in [5.41, 5.74) is 0.817. The highest BCUT2D eigenvalue weighted by atomic mass is 16.2. The first kappa shape index (κ1) is 16.7. The van der Waals surface area contributed by atoms with Crippen LogP contribution >= 0.6 is 0 Å². The summed E-state index contributed by atoms with van der Waals surface area (Å²) in [5, 5.41) is 19.3. The Balaban J connectivity index is 1.86. The van der Waals surface area contributed by atoms with E-state index in [1.807, 2.05) is 48.7 Å². The fraction of sp³-hybridized carbons (Fsp3) is 0.375. The molecular weight excluding hydrogens is 320 g/mol. The average molecular weight is 340 g/mol. The van der Waals surface area contributed by atoms with E-state index in [1.54, 1.807) is 18.3 Å². The summed E-state index contributed by atoms with van der Waals surface area (Å²) in [6.45, 7) is 4.44. The Kier molecular flexibility index (Phi) is 4.82. The zero-order valence-corrected chi connectivity index (χ0v) is 14.4. The normalized spacial score (nSPS) is 12.3. The van der Waals surface area contributed by atoms with Gasteiger partial charge in [-0.25, -0.2) is 4.68 Å². The molecule has 1 amide bonds. The van der Waals surface area contributed by atoms with Crippen molar-refractivity contribution in [1.82, 2.24) is 39.9 Å². The van der Waals surface area contributed by atoms with Crippen LogP contribution in [0.15, 0.2) is 43.0 Å². The van der Waals surface area contributed by atoms with Gasteiger partial charge in [0.1, 0.15) is 12.7 Å². The molecule has 130 valence electrons. The minimum absolute atomic E-state index is 0.128. The van der Waals surface area contributed by atoms with Gasteiger partial charge < -0.3 is 9.47 Å². The Morgan fingerprint density at radius 1 is 1.16 bits per heavy atom. The van der Waals surface area contributed by atoms with E-state index in [4.69, 9.17) is 0 Å². The Bertz CT molecular complexity index is 812. The first-order chi connectivity index (χ1) is 12.1. The number of rotatable bonds is 6. The number of benzene rings is 1. The number of amides is 1. The maximum Gasteiger partial charge on any atom is 0.252 e. The third-order valence-corrected chi connectivity index (χ3v) is 3.94. The van der Waals surface area contributed by atoms with Crippen LogP contribution in [0, 0.1) is 0 Å². The minimum atomic E-state index is -0.628. The van der Waals surface area contributed by atoms with Gasteiger partial charge in [-0.1, -0.05) is 30.3 Å². The van der Waals surface area contributed by atoms with Crippen LogP contribution in [-0.2, 0) is 11.3 Å². The molecule has 25 heavy (non-hydrogen) atoms. The van der Waals surface area contributed by atoms with Gasteiger partial charge >= 0.3 is 0 Å². The highest BCUT2D eigenvalue weighted by Gasteiger charge is 2.27. The summed E-state index contributed by atoms with van der Waals surface area (Å²) < 4.78 is 3.40. The zero-order chi connectivity index (χ0) is 17.8. The molecule has 3 aromatic rings. The van der Waals surface area contributed by atoms with Gasteiger partial charge in [0.25, 0.3) is 5.91 Å². The molecule has 0 aliphatic carbocycles. The van der Waals surface area contributed by atoms with Gasteiger partial charge in [-0.2, -0.15) is 0 Å². The van der Waals surface area contributed by atoms with Gasteiger partial charge in [-0.05, 0) is 29.8 Å². The number of hydrogen-bond donors (Lipinski definition) is 0. The van der Waals surface area contributed by atoms with Gasteiger partial charge in [0, 0.05) is 13.1 Å². The van der Waals surface area contributed by atoms with Crippen molar-refractivity contribution >= 4 is 5.91 Å². The van der Waals surface area contributed by atoms with Crippen LogP contribution in [-0.4, -0.2) is 52.8 Å². The van der Waals surface area contributed by atoms with E-state index in [1.165, 1.54) is 11.0 Å². The molecule has 2 heterocycles. The maximum absolute atomic E-state index is 13.1. The molecule has 0 unspecified atom stereocenters. The number of tetrazole rings is 1. The topological polar surface area (TPSA) is 94.6 Å². The van der Waals surface area contributed by atoms with Crippen LogP contribution in [0.5, 0.6) is 0 Å². The van der Waals surface area contributed by atoms with Crippen molar-refractivity contribution in [3.05, 3.63) is 54.4 Å². The predicted octanol–water partition coefficient (Wildman–Crippen LogP) is 1.09. The summed E-state index contributed by atoms with van der Waals surface area (Å²) in [7, 11) is 1.74. The lowest BCUT2D eigenvalue weighted by Crippen LogP contribution is -2.35. The van der Waals surface area contributed by atoms with E-state index in [2.05, 4.69) is 25.7 Å². The van der Waals surface area contributed by atoms with Crippen molar-refractivity contribution in [2.45, 2.75) is 32.5 Å². The summed E-state index contributed by atoms with van der Waals surface area (Å²) in [5.74, 6) is 0.603. The van der Waals surface area contributed by atoms with Crippen molar-refractivity contribution in [3.63, 3.8) is 0 Å². The van der Waals surface area contributed by atoms with Crippen molar-refractivity contribution in [2.24, 2.45) is 0 Å². The molecule has 2 aromatic heterocycles. The van der Waals surface area contributed by atoms with Crippen LogP contribution in [0.4, 0.5) is 0 Å². The molecule has 0 bridgehead atoms. The molecule has 0 saturated carbocycles. The van der Waals surface area contributed by atoms with Crippen LogP contribution in [0.1, 0.15) is 37.3 Å². The van der Waals surface area contributed by atoms with Gasteiger partial charge in [-0.3, -0.25) is 4.79 Å². The molecule has 0 aliphatic rings. The Labute approximate surface area is 145 Å². The van der Waals surface area contributed by atoms with Crippen LogP contribution in [0.25, 0.3) is 0 Å². The molecule has 1 aromatic carbocycles. The second-order valence-electron chi connectivity index (χ2n) is 6.05. The third-order valence-electron chi connectivity index (χ3n) is 3.94. The fourth-order valence-electron chi connectivity index (χ4n) is 2.64. The maximum atomic E-state index is 13.1. The molecule has 3 rings (SSSR count). The number of nitrogens with zero attached hydrogens (tertiary/aromatic N) is 8. The van der Waals surface area contributed by atoms with E-state index in [9.17, 15) is 4.79 Å². The molecular formula is C16H20N8O. The summed E-state index contributed by atoms with van der Waals surface area (Å²) in [6.07, 6.45) is 3.12. The molecule has 0 spiro atoms. The molecule has 0 aliphatic heterocycles. The quantitative estimate of drug-likeness (QED) is 0.667. The van der Waals surface area contributed by atoms with Crippen LogP contribution in [0.3, 0.4) is 0 Å².